The number of nitrogens with zero attached hydrogens (tertiary/aromatic N) is 1. The minimum absolute atomic E-state index is 0.0226. The molecule has 2 atom stereocenters. The summed E-state index contributed by atoms with van der Waals surface area (Å²) < 4.78 is 0. The minimum Gasteiger partial charge on any atom is -0.368 e. The maximum absolute atomic E-state index is 12.0. The van der Waals surface area contributed by atoms with Crippen LogP contribution in [-0.2, 0) is 14.4 Å². The Kier molecular flexibility index (Phi) is 4.84. The van der Waals surface area contributed by atoms with Crippen LogP contribution >= 0.6 is 0 Å². The van der Waals surface area contributed by atoms with Gasteiger partial charge in [-0.3, -0.25) is 24.6 Å². The molecule has 1 heterocycles. The molecule has 1 rings (SSSR count). The van der Waals surface area contributed by atoms with Gasteiger partial charge in [-0.25, -0.2) is 0 Å². The van der Waals surface area contributed by atoms with Crippen LogP contribution in [0, 0.1) is 5.92 Å². The molecule has 0 saturated carbocycles. The SMILES string of the molecule is CCCN1C(=O)CC(NC(C(N)=O)C(C)C)C1=O. The van der Waals surface area contributed by atoms with Crippen LogP contribution in [-0.4, -0.2) is 41.2 Å². The van der Waals surface area contributed by atoms with E-state index < -0.39 is 18.0 Å². The number of amides is 3. The van der Waals surface area contributed by atoms with Gasteiger partial charge in [-0.15, -0.1) is 0 Å². The Morgan fingerprint density at radius 2 is 2.11 bits per heavy atom. The summed E-state index contributed by atoms with van der Waals surface area (Å²) >= 11 is 0. The average molecular weight is 255 g/mol. The third kappa shape index (κ3) is 3.07. The molecule has 6 nitrogen and oxygen atoms in total. The third-order valence-corrected chi connectivity index (χ3v) is 3.05. The van der Waals surface area contributed by atoms with Gasteiger partial charge in [0.15, 0.2) is 0 Å². The number of nitrogens with two attached hydrogens (primary N) is 1. The largest absolute Gasteiger partial charge is 0.368 e. The first-order valence-electron chi connectivity index (χ1n) is 6.28. The van der Waals surface area contributed by atoms with Gasteiger partial charge in [-0.2, -0.15) is 0 Å². The molecule has 2 unspecified atom stereocenters. The number of likely N-dealkylation sites (tertiary alicyclic amines) is 1. The molecule has 1 aliphatic rings. The Balaban J connectivity index is 2.71. The molecule has 3 N–H and O–H groups in total. The van der Waals surface area contributed by atoms with Gasteiger partial charge >= 0.3 is 0 Å². The number of primary amides is 1. The predicted molar refractivity (Wildman–Crippen MR) is 66.4 cm³/mol. The van der Waals surface area contributed by atoms with Gasteiger partial charge in [0.2, 0.25) is 17.7 Å². The molecule has 102 valence electrons. The second kappa shape index (κ2) is 5.95. The lowest BCUT2D eigenvalue weighted by Gasteiger charge is -2.22. The van der Waals surface area contributed by atoms with Gasteiger partial charge in [-0.1, -0.05) is 20.8 Å². The summed E-state index contributed by atoms with van der Waals surface area (Å²) in [7, 11) is 0. The van der Waals surface area contributed by atoms with Crippen LogP contribution < -0.4 is 11.1 Å². The predicted octanol–water partition coefficient (Wildman–Crippen LogP) is -0.377. The summed E-state index contributed by atoms with van der Waals surface area (Å²) in [5.41, 5.74) is 5.28. The van der Waals surface area contributed by atoms with Gasteiger partial charge in [0.05, 0.1) is 18.5 Å². The first-order valence-corrected chi connectivity index (χ1v) is 6.28. The van der Waals surface area contributed by atoms with E-state index in [2.05, 4.69) is 5.32 Å². The van der Waals surface area contributed by atoms with Crippen molar-refractivity contribution in [3.8, 4) is 0 Å². The number of carbonyl (C=O) groups excluding carboxylic acids is 3. The lowest BCUT2D eigenvalue weighted by Crippen LogP contribution is -2.51. The second-order valence-corrected chi connectivity index (χ2v) is 4.93. The topological polar surface area (TPSA) is 92.5 Å². The fraction of sp³-hybridized carbons (Fsp3) is 0.750. The van der Waals surface area contributed by atoms with E-state index in [0.29, 0.717) is 6.54 Å². The van der Waals surface area contributed by atoms with Crippen molar-refractivity contribution in [2.75, 3.05) is 6.54 Å². The Labute approximate surface area is 107 Å². The molecule has 0 aromatic carbocycles. The standard InChI is InChI=1S/C12H21N3O3/c1-4-5-15-9(16)6-8(12(15)18)14-10(7(2)3)11(13)17/h7-8,10,14H,4-6H2,1-3H3,(H2,13,17). The van der Waals surface area contributed by atoms with E-state index in [1.54, 1.807) is 0 Å². The molecule has 1 aliphatic heterocycles. The number of rotatable bonds is 6. The zero-order valence-corrected chi connectivity index (χ0v) is 11.1. The van der Waals surface area contributed by atoms with Crippen molar-refractivity contribution >= 4 is 17.7 Å². The molecular formula is C12H21N3O3. The van der Waals surface area contributed by atoms with Gasteiger partial charge in [0.1, 0.15) is 0 Å². The van der Waals surface area contributed by atoms with Crippen LogP contribution in [0.5, 0.6) is 0 Å². The smallest absolute Gasteiger partial charge is 0.246 e. The van der Waals surface area contributed by atoms with Crippen LogP contribution in [0.1, 0.15) is 33.6 Å². The summed E-state index contributed by atoms with van der Waals surface area (Å²) in [5, 5.41) is 2.90. The molecule has 0 bridgehead atoms. The Morgan fingerprint density at radius 1 is 1.50 bits per heavy atom. The Bertz CT molecular complexity index is 354. The molecule has 0 aromatic rings. The zero-order chi connectivity index (χ0) is 13.9. The van der Waals surface area contributed by atoms with E-state index in [1.807, 2.05) is 20.8 Å². The van der Waals surface area contributed by atoms with Crippen molar-refractivity contribution in [2.45, 2.75) is 45.7 Å². The molecule has 1 saturated heterocycles. The van der Waals surface area contributed by atoms with Gasteiger partial charge < -0.3 is 5.73 Å². The normalized spacial score (nSPS) is 21.8. The molecule has 6 heteroatoms. The molecule has 0 aromatic heterocycles. The molecular weight excluding hydrogens is 234 g/mol. The molecule has 1 fully saturated rings. The summed E-state index contributed by atoms with van der Waals surface area (Å²) in [4.78, 5) is 36.2. The zero-order valence-electron chi connectivity index (χ0n) is 11.1. The van der Waals surface area contributed by atoms with E-state index >= 15 is 0 Å². The van der Waals surface area contributed by atoms with Crippen LogP contribution in [0.3, 0.4) is 0 Å². The van der Waals surface area contributed by atoms with Gasteiger partial charge in [0.25, 0.3) is 0 Å². The highest BCUT2D eigenvalue weighted by Crippen LogP contribution is 2.15. The van der Waals surface area contributed by atoms with Gasteiger partial charge in [0, 0.05) is 6.54 Å². The van der Waals surface area contributed by atoms with Crippen LogP contribution in [0.4, 0.5) is 0 Å². The summed E-state index contributed by atoms with van der Waals surface area (Å²) in [6.45, 7) is 6.02. The van der Waals surface area contributed by atoms with Gasteiger partial charge in [-0.05, 0) is 12.3 Å². The van der Waals surface area contributed by atoms with Crippen LogP contribution in [0.15, 0.2) is 0 Å². The van der Waals surface area contributed by atoms with E-state index in [0.717, 1.165) is 6.42 Å². The molecule has 3 amide bonds. The fourth-order valence-corrected chi connectivity index (χ4v) is 2.09. The number of carbonyl (C=O) groups is 3. The highest BCUT2D eigenvalue weighted by Gasteiger charge is 2.39. The minimum atomic E-state index is -0.621. The van der Waals surface area contributed by atoms with Crippen molar-refractivity contribution in [3.63, 3.8) is 0 Å². The lowest BCUT2D eigenvalue weighted by atomic mass is 10.0. The molecule has 0 radical (unpaired) electrons. The first-order chi connectivity index (χ1) is 8.38. The van der Waals surface area contributed by atoms with E-state index in [-0.39, 0.29) is 24.2 Å². The fourth-order valence-electron chi connectivity index (χ4n) is 2.09. The van der Waals surface area contributed by atoms with Crippen molar-refractivity contribution in [3.05, 3.63) is 0 Å². The summed E-state index contributed by atoms with van der Waals surface area (Å²) in [5.74, 6) is -0.968. The van der Waals surface area contributed by atoms with Crippen LogP contribution in [0.2, 0.25) is 0 Å². The van der Waals surface area contributed by atoms with Crippen molar-refractivity contribution in [1.29, 1.82) is 0 Å². The number of imide groups is 1. The third-order valence-electron chi connectivity index (χ3n) is 3.05. The maximum atomic E-state index is 12.0. The number of nitrogens with one attached hydrogen (secondary N) is 1. The molecule has 0 aliphatic carbocycles. The van der Waals surface area contributed by atoms with E-state index in [4.69, 9.17) is 5.73 Å². The second-order valence-electron chi connectivity index (χ2n) is 4.93. The number of hydrogen-bond donors (Lipinski definition) is 2. The molecule has 0 spiro atoms. The van der Waals surface area contributed by atoms with Crippen LogP contribution in [0.25, 0.3) is 0 Å². The van der Waals surface area contributed by atoms with E-state index in [1.165, 1.54) is 4.90 Å². The Morgan fingerprint density at radius 3 is 2.56 bits per heavy atom. The quantitative estimate of drug-likeness (QED) is 0.633. The number of hydrogen-bond acceptors (Lipinski definition) is 4. The highest BCUT2D eigenvalue weighted by molar-refractivity contribution is 6.05. The monoisotopic (exact) mass is 255 g/mol. The molecule has 18 heavy (non-hydrogen) atoms. The van der Waals surface area contributed by atoms with Crippen molar-refractivity contribution in [1.82, 2.24) is 10.2 Å². The maximum Gasteiger partial charge on any atom is 0.246 e. The van der Waals surface area contributed by atoms with Crippen molar-refractivity contribution < 1.29 is 14.4 Å². The summed E-state index contributed by atoms with van der Waals surface area (Å²) in [6, 6.07) is -1.21. The highest BCUT2D eigenvalue weighted by atomic mass is 16.2. The van der Waals surface area contributed by atoms with E-state index in [9.17, 15) is 14.4 Å². The lowest BCUT2D eigenvalue weighted by molar-refractivity contribution is -0.138. The Hall–Kier alpha value is -1.43. The first kappa shape index (κ1) is 14.6. The average Bonchev–Trinajstić information content (AvgIpc) is 2.53. The van der Waals surface area contributed by atoms with Crippen molar-refractivity contribution in [2.24, 2.45) is 11.7 Å². The summed E-state index contributed by atoms with van der Waals surface area (Å²) in [6.07, 6.45) is 0.836.